The fourth-order valence-corrected chi connectivity index (χ4v) is 4.27. The smallest absolute Gasteiger partial charge is 0.250 e. The van der Waals surface area contributed by atoms with Gasteiger partial charge in [0.2, 0.25) is 8.32 Å². The van der Waals surface area contributed by atoms with Crippen LogP contribution in [-0.4, -0.2) is 23.2 Å². The molecular formula is C22H42O2Si2. The van der Waals surface area contributed by atoms with E-state index in [0.717, 1.165) is 25.2 Å². The van der Waals surface area contributed by atoms with E-state index in [4.69, 9.17) is 8.85 Å². The van der Waals surface area contributed by atoms with Crippen molar-refractivity contribution in [1.29, 1.82) is 0 Å². The van der Waals surface area contributed by atoms with Gasteiger partial charge < -0.3 is 8.85 Å². The maximum atomic E-state index is 6.36. The molecule has 0 aliphatic carbocycles. The topological polar surface area (TPSA) is 18.5 Å². The molecule has 2 nitrogen and oxygen atoms in total. The van der Waals surface area contributed by atoms with Crippen LogP contribution in [0.1, 0.15) is 59.9 Å². The zero-order valence-electron chi connectivity index (χ0n) is 19.0. The first-order chi connectivity index (χ1) is 11.7. The maximum absolute atomic E-state index is 6.36. The third-order valence-electron chi connectivity index (χ3n) is 6.23. The number of hydrogen-bond acceptors (Lipinski definition) is 2. The van der Waals surface area contributed by atoms with Crippen LogP contribution in [0.2, 0.25) is 36.3 Å². The third kappa shape index (κ3) is 6.86. The molecule has 0 fully saturated rings. The molecule has 1 aromatic carbocycles. The Balaban J connectivity index is 2.42. The summed E-state index contributed by atoms with van der Waals surface area (Å²) in [5.74, 6) is 1.02. The van der Waals surface area contributed by atoms with E-state index in [-0.39, 0.29) is 5.04 Å². The van der Waals surface area contributed by atoms with Crippen molar-refractivity contribution in [2.75, 3.05) is 6.61 Å². The number of unbranched alkanes of at least 4 members (excludes halogenated alkanes) is 1. The lowest BCUT2D eigenvalue weighted by Crippen LogP contribution is -2.43. The molecule has 0 aliphatic rings. The Hall–Kier alpha value is -0.586. The van der Waals surface area contributed by atoms with Gasteiger partial charge in [0, 0.05) is 6.61 Å². The molecule has 0 atom stereocenters. The van der Waals surface area contributed by atoms with Crippen LogP contribution >= 0.6 is 0 Å². The summed E-state index contributed by atoms with van der Waals surface area (Å²) in [5.41, 5.74) is 1.39. The van der Waals surface area contributed by atoms with E-state index in [0.29, 0.717) is 5.04 Å². The van der Waals surface area contributed by atoms with Gasteiger partial charge in [-0.05, 0) is 73.2 Å². The van der Waals surface area contributed by atoms with E-state index >= 15 is 0 Å². The van der Waals surface area contributed by atoms with Crippen LogP contribution in [0.25, 0.3) is 0 Å². The van der Waals surface area contributed by atoms with Crippen molar-refractivity contribution in [2.24, 2.45) is 0 Å². The van der Waals surface area contributed by atoms with Crippen molar-refractivity contribution in [2.45, 2.75) is 97.1 Å². The normalized spacial score (nSPS) is 13.8. The summed E-state index contributed by atoms with van der Waals surface area (Å²) in [6, 6.07) is 8.72. The minimum Gasteiger partial charge on any atom is -0.544 e. The van der Waals surface area contributed by atoms with Gasteiger partial charge in [-0.1, -0.05) is 53.7 Å². The van der Waals surface area contributed by atoms with Crippen LogP contribution in [0, 0.1) is 0 Å². The first-order valence-corrected chi connectivity index (χ1v) is 15.9. The van der Waals surface area contributed by atoms with Crippen molar-refractivity contribution in [3.8, 4) is 5.75 Å². The van der Waals surface area contributed by atoms with E-state index in [1.165, 1.54) is 12.0 Å². The Morgan fingerprint density at radius 1 is 0.731 bits per heavy atom. The van der Waals surface area contributed by atoms with Gasteiger partial charge in [-0.2, -0.15) is 0 Å². The highest BCUT2D eigenvalue weighted by atomic mass is 28.4. The van der Waals surface area contributed by atoms with E-state index in [2.05, 4.69) is 92.0 Å². The molecule has 0 aliphatic heterocycles. The van der Waals surface area contributed by atoms with E-state index in [9.17, 15) is 0 Å². The molecule has 0 N–H and O–H groups in total. The average Bonchev–Trinajstić information content (AvgIpc) is 2.46. The van der Waals surface area contributed by atoms with Crippen LogP contribution in [0.15, 0.2) is 24.3 Å². The van der Waals surface area contributed by atoms with Gasteiger partial charge in [-0.25, -0.2) is 0 Å². The summed E-state index contributed by atoms with van der Waals surface area (Å²) in [4.78, 5) is 0. The van der Waals surface area contributed by atoms with Crippen LogP contribution in [0.4, 0.5) is 0 Å². The molecule has 0 radical (unpaired) electrons. The molecule has 4 heteroatoms. The monoisotopic (exact) mass is 394 g/mol. The SMILES string of the molecule is CC(C)(C)[Si](C)(C)OCCCCc1ccc(O[Si](C)(C)C(C)(C)C)cc1. The van der Waals surface area contributed by atoms with Crippen molar-refractivity contribution in [1.82, 2.24) is 0 Å². The molecular weight excluding hydrogens is 352 g/mol. The van der Waals surface area contributed by atoms with Crippen molar-refractivity contribution in [3.05, 3.63) is 29.8 Å². The summed E-state index contributed by atoms with van der Waals surface area (Å²) in [6.07, 6.45) is 3.42. The highest BCUT2D eigenvalue weighted by Gasteiger charge is 2.39. The zero-order chi connectivity index (χ0) is 20.2. The van der Waals surface area contributed by atoms with Crippen LogP contribution in [0.5, 0.6) is 5.75 Å². The Kier molecular flexibility index (Phi) is 7.77. The second-order valence-electron chi connectivity index (χ2n) is 10.6. The standard InChI is InChI=1S/C22H42O2Si2/c1-21(2,3)25(7,8)23-18-12-11-13-19-14-16-20(17-15-19)24-26(9,10)22(4,5)6/h14-17H,11-13,18H2,1-10H3. The highest BCUT2D eigenvalue weighted by Crippen LogP contribution is 2.38. The molecule has 0 heterocycles. The molecule has 1 rings (SSSR count). The lowest BCUT2D eigenvalue weighted by molar-refractivity contribution is 0.279. The fraction of sp³-hybridized carbons (Fsp3) is 0.727. The van der Waals surface area contributed by atoms with Crippen LogP contribution in [0.3, 0.4) is 0 Å². The molecule has 0 bridgehead atoms. The second kappa shape index (κ2) is 8.62. The van der Waals surface area contributed by atoms with Gasteiger partial charge in [0.25, 0.3) is 0 Å². The van der Waals surface area contributed by atoms with Gasteiger partial charge in [0.1, 0.15) is 5.75 Å². The number of aryl methyl sites for hydroxylation is 1. The Labute approximate surface area is 165 Å². The first kappa shape index (κ1) is 23.5. The third-order valence-corrected chi connectivity index (χ3v) is 15.1. The summed E-state index contributed by atoms with van der Waals surface area (Å²) in [5, 5.41) is 0.531. The van der Waals surface area contributed by atoms with Crippen LogP contribution < -0.4 is 4.43 Å². The molecule has 0 aromatic heterocycles. The number of benzene rings is 1. The molecule has 150 valence electrons. The maximum Gasteiger partial charge on any atom is 0.250 e. The van der Waals surface area contributed by atoms with Crippen LogP contribution in [-0.2, 0) is 10.8 Å². The van der Waals surface area contributed by atoms with Gasteiger partial charge in [-0.3, -0.25) is 0 Å². The summed E-state index contributed by atoms with van der Waals surface area (Å²) in [6.45, 7) is 23.9. The quantitative estimate of drug-likeness (QED) is 0.337. The first-order valence-electron chi connectivity index (χ1n) is 10.1. The van der Waals surface area contributed by atoms with Gasteiger partial charge in [0.05, 0.1) is 0 Å². The van der Waals surface area contributed by atoms with E-state index in [1.54, 1.807) is 0 Å². The molecule has 1 aromatic rings. The molecule has 0 amide bonds. The average molecular weight is 395 g/mol. The molecule has 0 saturated heterocycles. The Morgan fingerprint density at radius 2 is 1.23 bits per heavy atom. The zero-order valence-corrected chi connectivity index (χ0v) is 21.0. The molecule has 0 saturated carbocycles. The second-order valence-corrected chi connectivity index (χ2v) is 20.1. The minimum absolute atomic E-state index is 0.232. The lowest BCUT2D eigenvalue weighted by Gasteiger charge is -2.36. The van der Waals surface area contributed by atoms with Gasteiger partial charge >= 0.3 is 0 Å². The largest absolute Gasteiger partial charge is 0.544 e. The number of rotatable bonds is 8. The summed E-state index contributed by atoms with van der Waals surface area (Å²) < 4.78 is 12.6. The van der Waals surface area contributed by atoms with Crippen molar-refractivity contribution in [3.63, 3.8) is 0 Å². The predicted molar refractivity (Wildman–Crippen MR) is 120 cm³/mol. The summed E-state index contributed by atoms with van der Waals surface area (Å²) in [7, 11) is -3.34. The summed E-state index contributed by atoms with van der Waals surface area (Å²) >= 11 is 0. The Morgan fingerprint density at radius 3 is 1.69 bits per heavy atom. The van der Waals surface area contributed by atoms with Crippen molar-refractivity contribution >= 4 is 16.6 Å². The number of hydrogen-bond donors (Lipinski definition) is 0. The highest BCUT2D eigenvalue weighted by molar-refractivity contribution is 6.75. The predicted octanol–water partition coefficient (Wildman–Crippen LogP) is 7.42. The molecule has 0 unspecified atom stereocenters. The molecule has 0 spiro atoms. The molecule has 26 heavy (non-hydrogen) atoms. The van der Waals surface area contributed by atoms with Gasteiger partial charge in [0.15, 0.2) is 8.32 Å². The van der Waals surface area contributed by atoms with Crippen molar-refractivity contribution < 1.29 is 8.85 Å². The van der Waals surface area contributed by atoms with E-state index in [1.807, 2.05) is 0 Å². The Bertz CT molecular complexity index is 549. The fourth-order valence-electron chi connectivity index (χ4n) is 2.15. The minimum atomic E-state index is -1.75. The van der Waals surface area contributed by atoms with E-state index < -0.39 is 16.6 Å². The lowest BCUT2D eigenvalue weighted by atomic mass is 10.1. The van der Waals surface area contributed by atoms with Gasteiger partial charge in [-0.15, -0.1) is 0 Å².